The highest BCUT2D eigenvalue weighted by molar-refractivity contribution is 7.91. The second-order valence-electron chi connectivity index (χ2n) is 3.98. The van der Waals surface area contributed by atoms with E-state index < -0.39 is 9.84 Å². The Morgan fingerprint density at radius 1 is 1.39 bits per heavy atom. The summed E-state index contributed by atoms with van der Waals surface area (Å²) in [7, 11) is -3.44. The molecule has 0 fully saturated rings. The van der Waals surface area contributed by atoms with Crippen molar-refractivity contribution >= 4 is 37.6 Å². The van der Waals surface area contributed by atoms with Crippen LogP contribution < -0.4 is 11.1 Å². The fraction of sp³-hybridized carbons (Fsp3) is 0.545. The molecule has 1 aromatic heterocycles. The van der Waals surface area contributed by atoms with Gasteiger partial charge in [0.15, 0.2) is 15.6 Å². The smallest absolute Gasteiger partial charge is 0.180 e. The number of hydrogen-bond donors (Lipinski definition) is 2. The first-order valence-corrected chi connectivity index (χ1v) is 8.43. The summed E-state index contributed by atoms with van der Waals surface area (Å²) in [5.41, 5.74) is 5.89. The number of nitrogen functional groups attached to an aromatic ring is 1. The van der Waals surface area contributed by atoms with Gasteiger partial charge in [-0.05, 0) is 6.42 Å². The lowest BCUT2D eigenvalue weighted by Gasteiger charge is -2.04. The number of hydrogen-bond acceptors (Lipinski definition) is 6. The SMILES string of the molecule is CCCNc1sc(C(=O)CC)c(N)c1S(C)(=O)=O. The van der Waals surface area contributed by atoms with Crippen LogP contribution in [0.5, 0.6) is 0 Å². The van der Waals surface area contributed by atoms with Crippen LogP contribution in [0.4, 0.5) is 10.7 Å². The Kier molecular flexibility index (Phi) is 4.75. The molecule has 0 saturated carbocycles. The van der Waals surface area contributed by atoms with Crippen molar-refractivity contribution < 1.29 is 13.2 Å². The highest BCUT2D eigenvalue weighted by Crippen LogP contribution is 2.39. The average molecular weight is 290 g/mol. The van der Waals surface area contributed by atoms with Gasteiger partial charge in [0.25, 0.3) is 0 Å². The van der Waals surface area contributed by atoms with Crippen LogP contribution in [0.1, 0.15) is 36.4 Å². The number of thiophene rings is 1. The van der Waals surface area contributed by atoms with Crippen molar-refractivity contribution in [3.05, 3.63) is 4.88 Å². The average Bonchev–Trinajstić information content (AvgIpc) is 2.62. The lowest BCUT2D eigenvalue weighted by molar-refractivity contribution is 0.0992. The first-order valence-electron chi connectivity index (χ1n) is 5.72. The van der Waals surface area contributed by atoms with Gasteiger partial charge in [0, 0.05) is 19.2 Å². The van der Waals surface area contributed by atoms with Gasteiger partial charge >= 0.3 is 0 Å². The zero-order valence-electron chi connectivity index (χ0n) is 10.7. The third-order valence-corrected chi connectivity index (χ3v) is 4.88. The number of rotatable bonds is 6. The maximum atomic E-state index is 11.7. The summed E-state index contributed by atoms with van der Waals surface area (Å²) >= 11 is 1.12. The maximum Gasteiger partial charge on any atom is 0.180 e. The second kappa shape index (κ2) is 5.71. The molecule has 0 amide bonds. The van der Waals surface area contributed by atoms with Gasteiger partial charge in [0.2, 0.25) is 0 Å². The molecule has 0 aromatic carbocycles. The minimum Gasteiger partial charge on any atom is -0.396 e. The summed E-state index contributed by atoms with van der Waals surface area (Å²) in [6.45, 7) is 4.34. The van der Waals surface area contributed by atoms with Crippen molar-refractivity contribution in [1.82, 2.24) is 0 Å². The molecule has 0 aliphatic carbocycles. The van der Waals surface area contributed by atoms with Gasteiger partial charge in [0.05, 0.1) is 10.6 Å². The van der Waals surface area contributed by atoms with Crippen molar-refractivity contribution in [2.75, 3.05) is 23.9 Å². The van der Waals surface area contributed by atoms with Crippen LogP contribution >= 0.6 is 11.3 Å². The second-order valence-corrected chi connectivity index (χ2v) is 6.95. The van der Waals surface area contributed by atoms with E-state index in [1.165, 1.54) is 0 Å². The Balaban J connectivity index is 3.37. The summed E-state index contributed by atoms with van der Waals surface area (Å²) < 4.78 is 23.5. The molecule has 102 valence electrons. The topological polar surface area (TPSA) is 89.3 Å². The molecular weight excluding hydrogens is 272 g/mol. The minimum atomic E-state index is -3.44. The zero-order valence-corrected chi connectivity index (χ0v) is 12.4. The Morgan fingerprint density at radius 2 is 2.00 bits per heavy atom. The summed E-state index contributed by atoms with van der Waals surface area (Å²) in [4.78, 5) is 12.1. The summed E-state index contributed by atoms with van der Waals surface area (Å²) in [5, 5.41) is 3.48. The molecule has 0 radical (unpaired) electrons. The maximum absolute atomic E-state index is 11.7. The third-order valence-electron chi connectivity index (χ3n) is 2.38. The van der Waals surface area contributed by atoms with Crippen LogP contribution in [0.3, 0.4) is 0 Å². The molecule has 0 aliphatic rings. The third kappa shape index (κ3) is 3.02. The number of carbonyl (C=O) groups excluding carboxylic acids is 1. The fourth-order valence-corrected chi connectivity index (χ4v) is 4.12. The van der Waals surface area contributed by atoms with E-state index in [0.717, 1.165) is 24.0 Å². The summed E-state index contributed by atoms with van der Waals surface area (Å²) in [5.74, 6) is -0.132. The first kappa shape index (κ1) is 15.0. The van der Waals surface area contributed by atoms with Crippen molar-refractivity contribution in [3.8, 4) is 0 Å². The van der Waals surface area contributed by atoms with Crippen LogP contribution in [-0.2, 0) is 9.84 Å². The van der Waals surface area contributed by atoms with E-state index in [9.17, 15) is 13.2 Å². The van der Waals surface area contributed by atoms with Crippen LogP contribution in [0.2, 0.25) is 0 Å². The Bertz CT molecular complexity index is 547. The van der Waals surface area contributed by atoms with Gasteiger partial charge in [0.1, 0.15) is 9.90 Å². The molecule has 0 saturated heterocycles. The standard InChI is InChI=1S/C11H18N2O3S2/c1-4-6-13-11-10(18(3,15)16)8(12)9(17-11)7(14)5-2/h13H,4-6,12H2,1-3H3. The van der Waals surface area contributed by atoms with Gasteiger partial charge in [-0.25, -0.2) is 8.42 Å². The van der Waals surface area contributed by atoms with E-state index in [2.05, 4.69) is 5.32 Å². The molecule has 18 heavy (non-hydrogen) atoms. The van der Waals surface area contributed by atoms with E-state index in [0.29, 0.717) is 22.8 Å². The summed E-state index contributed by atoms with van der Waals surface area (Å²) in [6, 6.07) is 0. The van der Waals surface area contributed by atoms with E-state index >= 15 is 0 Å². The van der Waals surface area contributed by atoms with Crippen molar-refractivity contribution in [3.63, 3.8) is 0 Å². The number of sulfone groups is 1. The molecule has 1 rings (SSSR count). The molecular formula is C11H18N2O3S2. The fourth-order valence-electron chi connectivity index (χ4n) is 1.52. The predicted octanol–water partition coefficient (Wildman–Crippen LogP) is 2.15. The number of carbonyl (C=O) groups is 1. The number of nitrogens with two attached hydrogens (primary N) is 1. The Hall–Kier alpha value is -1.08. The molecule has 1 aromatic rings. The molecule has 0 spiro atoms. The monoisotopic (exact) mass is 290 g/mol. The van der Waals surface area contributed by atoms with Crippen LogP contribution in [-0.4, -0.2) is 27.0 Å². The van der Waals surface area contributed by atoms with Gasteiger partial charge < -0.3 is 11.1 Å². The van der Waals surface area contributed by atoms with Gasteiger partial charge in [-0.15, -0.1) is 11.3 Å². The van der Waals surface area contributed by atoms with E-state index in [1.807, 2.05) is 6.92 Å². The molecule has 7 heteroatoms. The normalized spacial score (nSPS) is 11.5. The van der Waals surface area contributed by atoms with Crippen molar-refractivity contribution in [2.24, 2.45) is 0 Å². The van der Waals surface area contributed by atoms with Gasteiger partial charge in [-0.2, -0.15) is 0 Å². The molecule has 0 unspecified atom stereocenters. The van der Waals surface area contributed by atoms with E-state index in [1.54, 1.807) is 6.92 Å². The lowest BCUT2D eigenvalue weighted by Crippen LogP contribution is -2.07. The van der Waals surface area contributed by atoms with Crippen molar-refractivity contribution in [2.45, 2.75) is 31.6 Å². The molecule has 3 N–H and O–H groups in total. The number of anilines is 2. The van der Waals surface area contributed by atoms with Gasteiger partial charge in [-0.3, -0.25) is 4.79 Å². The molecule has 0 atom stereocenters. The largest absolute Gasteiger partial charge is 0.396 e. The molecule has 0 aliphatic heterocycles. The molecule has 1 heterocycles. The highest BCUT2D eigenvalue weighted by atomic mass is 32.2. The Labute approximate surface area is 111 Å². The number of ketones is 1. The van der Waals surface area contributed by atoms with Crippen LogP contribution in [0.25, 0.3) is 0 Å². The lowest BCUT2D eigenvalue weighted by atomic mass is 10.2. The number of Topliss-reactive ketones (excluding diaryl/α,β-unsaturated/α-hetero) is 1. The van der Waals surface area contributed by atoms with Gasteiger partial charge in [-0.1, -0.05) is 13.8 Å². The van der Waals surface area contributed by atoms with Crippen molar-refractivity contribution in [1.29, 1.82) is 0 Å². The summed E-state index contributed by atoms with van der Waals surface area (Å²) in [6.07, 6.45) is 2.27. The quantitative estimate of drug-likeness (QED) is 0.784. The minimum absolute atomic E-state index is 0.0535. The molecule has 0 bridgehead atoms. The van der Waals surface area contributed by atoms with Crippen LogP contribution in [0.15, 0.2) is 4.90 Å². The predicted molar refractivity (Wildman–Crippen MR) is 75.2 cm³/mol. The van der Waals surface area contributed by atoms with Crippen LogP contribution in [0, 0.1) is 0 Å². The molecule has 5 nitrogen and oxygen atoms in total. The van der Waals surface area contributed by atoms with E-state index in [4.69, 9.17) is 5.73 Å². The zero-order chi connectivity index (χ0) is 13.9. The number of nitrogens with one attached hydrogen (secondary N) is 1. The highest BCUT2D eigenvalue weighted by Gasteiger charge is 2.26. The van der Waals surface area contributed by atoms with E-state index in [-0.39, 0.29) is 16.4 Å². The Morgan fingerprint density at radius 3 is 2.44 bits per heavy atom. The first-order chi connectivity index (χ1) is 8.32.